The molecule has 2 aliphatic heterocycles. The fourth-order valence-electron chi connectivity index (χ4n) is 3.34. The minimum absolute atomic E-state index is 0.0421. The largest absolute Gasteiger partial charge is 0.475 e. The van der Waals surface area contributed by atoms with E-state index >= 15 is 0 Å². The van der Waals surface area contributed by atoms with Crippen molar-refractivity contribution in [3.63, 3.8) is 0 Å². The SMILES string of the molecule is C[C@@]1(N)[C@@H]2O[P@](=O)(OCc3ccccc3)OC[C@H]2O[C@H]1n1ccc(=O)[nH]c1=O. The summed E-state index contributed by atoms with van der Waals surface area (Å²) in [6.45, 7) is 1.59. The van der Waals surface area contributed by atoms with Gasteiger partial charge in [-0.05, 0) is 12.5 Å². The Labute approximate surface area is 159 Å². The molecule has 10 nitrogen and oxygen atoms in total. The van der Waals surface area contributed by atoms with Gasteiger partial charge < -0.3 is 10.5 Å². The van der Waals surface area contributed by atoms with Gasteiger partial charge in [0.2, 0.25) is 0 Å². The van der Waals surface area contributed by atoms with Crippen molar-refractivity contribution in [3.8, 4) is 0 Å². The molecule has 1 aromatic heterocycles. The molecule has 3 heterocycles. The van der Waals surface area contributed by atoms with Gasteiger partial charge in [0.25, 0.3) is 5.56 Å². The molecule has 2 aromatic rings. The van der Waals surface area contributed by atoms with Gasteiger partial charge in [0.05, 0.1) is 18.8 Å². The lowest BCUT2D eigenvalue weighted by Gasteiger charge is -2.35. The molecule has 3 N–H and O–H groups in total. The number of hydrogen-bond acceptors (Lipinski definition) is 8. The third-order valence-corrected chi connectivity index (χ3v) is 6.16. The average molecular weight is 409 g/mol. The molecular formula is C17H20N3O7P. The van der Waals surface area contributed by atoms with E-state index in [0.717, 1.165) is 5.56 Å². The van der Waals surface area contributed by atoms with Crippen molar-refractivity contribution in [1.82, 2.24) is 9.55 Å². The minimum Gasteiger partial charge on any atom is -0.347 e. The van der Waals surface area contributed by atoms with Gasteiger partial charge in [0, 0.05) is 12.3 Å². The molecular weight excluding hydrogens is 389 g/mol. The predicted octanol–water partition coefficient (Wildman–Crippen LogP) is 0.892. The maximum Gasteiger partial charge on any atom is 0.475 e. The van der Waals surface area contributed by atoms with Crippen LogP contribution in [0.3, 0.4) is 0 Å². The Morgan fingerprint density at radius 1 is 1.32 bits per heavy atom. The quantitative estimate of drug-likeness (QED) is 0.711. The summed E-state index contributed by atoms with van der Waals surface area (Å²) < 4.78 is 36.3. The van der Waals surface area contributed by atoms with Gasteiger partial charge in [0.1, 0.15) is 12.2 Å². The third-order valence-electron chi connectivity index (χ3n) is 4.76. The van der Waals surface area contributed by atoms with Crippen LogP contribution in [0.25, 0.3) is 0 Å². The van der Waals surface area contributed by atoms with Crippen LogP contribution in [0.2, 0.25) is 0 Å². The monoisotopic (exact) mass is 409 g/mol. The van der Waals surface area contributed by atoms with Crippen LogP contribution in [-0.2, 0) is 29.5 Å². The number of hydrogen-bond donors (Lipinski definition) is 2. The summed E-state index contributed by atoms with van der Waals surface area (Å²) >= 11 is 0. The van der Waals surface area contributed by atoms with Crippen LogP contribution in [0.5, 0.6) is 0 Å². The Bertz CT molecular complexity index is 1020. The van der Waals surface area contributed by atoms with Gasteiger partial charge in [-0.15, -0.1) is 0 Å². The summed E-state index contributed by atoms with van der Waals surface area (Å²) in [5.41, 5.74) is 4.78. The Balaban J connectivity index is 1.54. The fourth-order valence-corrected chi connectivity index (χ4v) is 4.81. The van der Waals surface area contributed by atoms with Crippen LogP contribution < -0.4 is 17.0 Å². The van der Waals surface area contributed by atoms with Gasteiger partial charge in [-0.3, -0.25) is 27.9 Å². The second kappa shape index (κ2) is 7.07. The van der Waals surface area contributed by atoms with Gasteiger partial charge in [-0.2, -0.15) is 0 Å². The summed E-state index contributed by atoms with van der Waals surface area (Å²) in [4.78, 5) is 25.6. The third kappa shape index (κ3) is 3.50. The van der Waals surface area contributed by atoms with Crippen LogP contribution in [0.1, 0.15) is 18.7 Å². The van der Waals surface area contributed by atoms with E-state index in [9.17, 15) is 14.2 Å². The van der Waals surface area contributed by atoms with Crippen molar-refractivity contribution < 1.29 is 22.9 Å². The molecule has 0 unspecified atom stereocenters. The number of H-pyrrole nitrogens is 1. The second-order valence-electron chi connectivity index (χ2n) is 6.94. The van der Waals surface area contributed by atoms with E-state index in [0.29, 0.717) is 0 Å². The molecule has 0 radical (unpaired) electrons. The summed E-state index contributed by atoms with van der Waals surface area (Å²) in [5.74, 6) is 0. The molecule has 28 heavy (non-hydrogen) atoms. The second-order valence-corrected chi connectivity index (χ2v) is 8.56. The van der Waals surface area contributed by atoms with Crippen LogP contribution in [0.4, 0.5) is 0 Å². The molecule has 0 amide bonds. The van der Waals surface area contributed by atoms with Crippen molar-refractivity contribution in [2.75, 3.05) is 6.61 Å². The van der Waals surface area contributed by atoms with Crippen molar-refractivity contribution in [2.45, 2.75) is 37.5 Å². The van der Waals surface area contributed by atoms with Gasteiger partial charge in [-0.25, -0.2) is 9.36 Å². The molecule has 0 spiro atoms. The average Bonchev–Trinajstić information content (AvgIpc) is 2.91. The van der Waals surface area contributed by atoms with E-state index in [1.807, 2.05) is 30.3 Å². The number of phosphoric acid groups is 1. The topological polar surface area (TPSA) is 135 Å². The normalized spacial score (nSPS) is 34.9. The van der Waals surface area contributed by atoms with Crippen molar-refractivity contribution in [3.05, 3.63) is 69.0 Å². The summed E-state index contributed by atoms with van der Waals surface area (Å²) in [7, 11) is -3.87. The van der Waals surface area contributed by atoms with Crippen molar-refractivity contribution in [2.24, 2.45) is 5.73 Å². The van der Waals surface area contributed by atoms with Gasteiger partial charge in [0.15, 0.2) is 6.23 Å². The zero-order valence-electron chi connectivity index (χ0n) is 15.0. The lowest BCUT2D eigenvalue weighted by Crippen LogP contribution is -2.55. The first-order chi connectivity index (χ1) is 13.3. The molecule has 5 atom stereocenters. The predicted molar refractivity (Wildman–Crippen MR) is 97.5 cm³/mol. The summed E-state index contributed by atoms with van der Waals surface area (Å²) in [5, 5.41) is 0. The van der Waals surface area contributed by atoms with Gasteiger partial charge >= 0.3 is 13.5 Å². The number of aromatic nitrogens is 2. The zero-order valence-corrected chi connectivity index (χ0v) is 15.9. The van der Waals surface area contributed by atoms with E-state index in [1.54, 1.807) is 6.92 Å². The van der Waals surface area contributed by atoms with Crippen LogP contribution in [0, 0.1) is 0 Å². The van der Waals surface area contributed by atoms with Crippen LogP contribution in [0.15, 0.2) is 52.2 Å². The Kier molecular flexibility index (Phi) is 4.86. The molecule has 2 saturated heterocycles. The van der Waals surface area contributed by atoms with Crippen LogP contribution >= 0.6 is 7.82 Å². The Morgan fingerprint density at radius 3 is 2.79 bits per heavy atom. The first-order valence-electron chi connectivity index (χ1n) is 8.66. The highest BCUT2D eigenvalue weighted by atomic mass is 31.2. The fraction of sp³-hybridized carbons (Fsp3) is 0.412. The highest BCUT2D eigenvalue weighted by Crippen LogP contribution is 2.58. The first-order valence-corrected chi connectivity index (χ1v) is 10.1. The Morgan fingerprint density at radius 2 is 2.07 bits per heavy atom. The first kappa shape index (κ1) is 19.3. The number of nitrogens with zero attached hydrogens (tertiary/aromatic N) is 1. The molecule has 150 valence electrons. The maximum atomic E-state index is 12.9. The summed E-state index contributed by atoms with van der Waals surface area (Å²) in [6.07, 6.45) is -1.15. The lowest BCUT2D eigenvalue weighted by atomic mass is 9.93. The van der Waals surface area contributed by atoms with E-state index in [-0.39, 0.29) is 13.2 Å². The number of benzene rings is 1. The van der Waals surface area contributed by atoms with Gasteiger partial charge in [-0.1, -0.05) is 30.3 Å². The summed E-state index contributed by atoms with van der Waals surface area (Å²) in [6, 6.07) is 10.4. The molecule has 1 aromatic carbocycles. The number of fused-ring (bicyclic) bond motifs is 1. The maximum absolute atomic E-state index is 12.9. The van der Waals surface area contributed by atoms with Crippen molar-refractivity contribution >= 4 is 7.82 Å². The van der Waals surface area contributed by atoms with Crippen LogP contribution in [-0.4, -0.2) is 33.9 Å². The number of nitrogens with one attached hydrogen (secondary N) is 1. The van der Waals surface area contributed by atoms with E-state index in [1.165, 1.54) is 16.8 Å². The number of rotatable bonds is 4. The highest BCUT2D eigenvalue weighted by Gasteiger charge is 2.59. The molecule has 2 aliphatic rings. The smallest absolute Gasteiger partial charge is 0.347 e. The molecule has 2 fully saturated rings. The molecule has 0 saturated carbocycles. The number of aromatic amines is 1. The molecule has 4 rings (SSSR count). The van der Waals surface area contributed by atoms with E-state index in [2.05, 4.69) is 4.98 Å². The molecule has 11 heteroatoms. The highest BCUT2D eigenvalue weighted by molar-refractivity contribution is 7.48. The van der Waals surface area contributed by atoms with E-state index < -0.39 is 43.0 Å². The number of ether oxygens (including phenoxy) is 1. The molecule has 0 aliphatic carbocycles. The van der Waals surface area contributed by atoms with E-state index in [4.69, 9.17) is 24.0 Å². The molecule has 0 bridgehead atoms. The zero-order chi connectivity index (χ0) is 19.9. The number of phosphoric ester groups is 1. The number of nitrogens with two attached hydrogens (primary N) is 1. The Hall–Kier alpha value is -2.07. The minimum atomic E-state index is -3.87. The lowest BCUT2D eigenvalue weighted by molar-refractivity contribution is -0.0730. The standard InChI is InChI=1S/C17H20N3O7P/c1-17(18)14-12(26-15(17)20-8-7-13(21)19-16(20)22)10-25-28(23,27-14)24-9-11-5-3-2-4-6-11/h2-8,12,14-15H,9-10,18H2,1H3,(H,19,21,22)/t12-,14-,15-,17-,28-/m1/s1. The van der Waals surface area contributed by atoms with Crippen molar-refractivity contribution in [1.29, 1.82) is 0 Å².